The van der Waals surface area contributed by atoms with Crippen molar-refractivity contribution >= 4 is 15.5 Å². The molecule has 0 amide bonds. The van der Waals surface area contributed by atoms with Crippen molar-refractivity contribution < 1.29 is 13.5 Å². The quantitative estimate of drug-likeness (QED) is 0.765. The highest BCUT2D eigenvalue weighted by Gasteiger charge is 2.18. The summed E-state index contributed by atoms with van der Waals surface area (Å²) in [6.07, 6.45) is 0. The Labute approximate surface area is 89.7 Å². The molecular formula is C10H15NO3S. The van der Waals surface area contributed by atoms with Gasteiger partial charge in [-0.1, -0.05) is 6.07 Å². The molecule has 1 aromatic rings. The Morgan fingerprint density at radius 1 is 1.40 bits per heavy atom. The maximum absolute atomic E-state index is 11.6. The summed E-state index contributed by atoms with van der Waals surface area (Å²) >= 11 is 0. The fourth-order valence-corrected chi connectivity index (χ4v) is 2.13. The first-order valence-corrected chi connectivity index (χ1v) is 6.33. The monoisotopic (exact) mass is 229 g/mol. The lowest BCUT2D eigenvalue weighted by Gasteiger charge is -2.09. The zero-order valence-corrected chi connectivity index (χ0v) is 9.58. The van der Waals surface area contributed by atoms with Crippen molar-refractivity contribution in [3.63, 3.8) is 0 Å². The molecule has 1 aromatic carbocycles. The molecule has 0 aliphatic rings. The zero-order chi connectivity index (χ0) is 11.6. The van der Waals surface area contributed by atoms with Crippen molar-refractivity contribution in [2.45, 2.75) is 24.9 Å². The van der Waals surface area contributed by atoms with Gasteiger partial charge in [0.05, 0.1) is 11.0 Å². The van der Waals surface area contributed by atoms with E-state index in [0.717, 1.165) is 0 Å². The predicted molar refractivity (Wildman–Crippen MR) is 60.3 cm³/mol. The number of nitrogens with two attached hydrogens (primary N) is 1. The smallest absolute Gasteiger partial charge is 0.156 e. The number of aromatic hydroxyl groups is 1. The van der Waals surface area contributed by atoms with E-state index in [2.05, 4.69) is 0 Å². The molecule has 0 aliphatic heterocycles. The maximum Gasteiger partial charge on any atom is 0.156 e. The first kappa shape index (κ1) is 11.8. The van der Waals surface area contributed by atoms with E-state index in [1.165, 1.54) is 18.2 Å². The zero-order valence-electron chi connectivity index (χ0n) is 8.77. The van der Waals surface area contributed by atoms with Gasteiger partial charge in [0.2, 0.25) is 0 Å². The highest BCUT2D eigenvalue weighted by Crippen LogP contribution is 2.21. The van der Waals surface area contributed by atoms with E-state index < -0.39 is 15.1 Å². The summed E-state index contributed by atoms with van der Waals surface area (Å²) in [6, 6.07) is 4.32. The second-order valence-electron chi connectivity index (χ2n) is 3.74. The molecule has 0 atom stereocenters. The molecule has 0 aromatic heterocycles. The van der Waals surface area contributed by atoms with E-state index in [9.17, 15) is 8.42 Å². The van der Waals surface area contributed by atoms with Gasteiger partial charge in [0.15, 0.2) is 9.84 Å². The van der Waals surface area contributed by atoms with E-state index in [-0.39, 0.29) is 11.5 Å². The number of nitrogen functional groups attached to an aromatic ring is 1. The Balaban J connectivity index is 3.01. The topological polar surface area (TPSA) is 80.4 Å². The Hall–Kier alpha value is -1.23. The van der Waals surface area contributed by atoms with Gasteiger partial charge in [0.1, 0.15) is 5.75 Å². The van der Waals surface area contributed by atoms with E-state index in [4.69, 9.17) is 10.8 Å². The molecule has 0 spiro atoms. The van der Waals surface area contributed by atoms with Gasteiger partial charge in [-0.15, -0.1) is 0 Å². The average Bonchev–Trinajstić information content (AvgIpc) is 2.09. The van der Waals surface area contributed by atoms with Gasteiger partial charge >= 0.3 is 0 Å². The van der Waals surface area contributed by atoms with Crippen LogP contribution in [0.5, 0.6) is 5.75 Å². The predicted octanol–water partition coefficient (Wildman–Crippen LogP) is 1.30. The van der Waals surface area contributed by atoms with Crippen molar-refractivity contribution in [3.05, 3.63) is 23.8 Å². The van der Waals surface area contributed by atoms with Crippen LogP contribution in [0.3, 0.4) is 0 Å². The molecule has 84 valence electrons. The van der Waals surface area contributed by atoms with Gasteiger partial charge in [0.25, 0.3) is 0 Å². The average molecular weight is 229 g/mol. The molecule has 0 fully saturated rings. The highest BCUT2D eigenvalue weighted by atomic mass is 32.2. The number of phenols is 1. The van der Waals surface area contributed by atoms with Crippen LogP contribution in [0.15, 0.2) is 18.2 Å². The molecule has 3 N–H and O–H groups in total. The fraction of sp³-hybridized carbons (Fsp3) is 0.400. The summed E-state index contributed by atoms with van der Waals surface area (Å²) in [7, 11) is -3.15. The second-order valence-corrected chi connectivity index (χ2v) is 6.30. The summed E-state index contributed by atoms with van der Waals surface area (Å²) in [5.41, 5.74) is 6.44. The molecule has 0 bridgehead atoms. The number of benzene rings is 1. The number of hydrogen-bond acceptors (Lipinski definition) is 4. The Bertz CT molecular complexity index is 452. The van der Waals surface area contributed by atoms with Crippen molar-refractivity contribution in [1.82, 2.24) is 0 Å². The van der Waals surface area contributed by atoms with E-state index in [1.807, 2.05) is 0 Å². The molecule has 4 nitrogen and oxygen atoms in total. The molecule has 0 unspecified atom stereocenters. The van der Waals surface area contributed by atoms with Crippen LogP contribution in [0.4, 0.5) is 5.69 Å². The molecule has 1 rings (SSSR count). The van der Waals surface area contributed by atoms with E-state index in [1.54, 1.807) is 13.8 Å². The third-order valence-electron chi connectivity index (χ3n) is 2.20. The summed E-state index contributed by atoms with van der Waals surface area (Å²) in [5.74, 6) is -0.0465. The summed E-state index contributed by atoms with van der Waals surface area (Å²) in [4.78, 5) is 0. The number of sulfone groups is 1. The maximum atomic E-state index is 11.6. The minimum Gasteiger partial charge on any atom is -0.508 e. The van der Waals surface area contributed by atoms with Crippen LogP contribution in [0.25, 0.3) is 0 Å². The number of anilines is 1. The van der Waals surface area contributed by atoms with Crippen LogP contribution < -0.4 is 5.73 Å². The molecule has 0 aliphatic carbocycles. The summed E-state index contributed by atoms with van der Waals surface area (Å²) in [5, 5.41) is 8.69. The number of phenolic OH excluding ortho intramolecular Hbond substituents is 1. The van der Waals surface area contributed by atoms with Gasteiger partial charge in [-0.2, -0.15) is 0 Å². The van der Waals surface area contributed by atoms with Crippen molar-refractivity contribution in [2.75, 3.05) is 5.73 Å². The van der Waals surface area contributed by atoms with Gasteiger partial charge in [-0.25, -0.2) is 8.42 Å². The van der Waals surface area contributed by atoms with Crippen LogP contribution in [0.1, 0.15) is 19.4 Å². The molecule has 0 saturated heterocycles. The number of hydrogen-bond donors (Lipinski definition) is 2. The second kappa shape index (κ2) is 4.10. The van der Waals surface area contributed by atoms with Gasteiger partial charge in [0, 0.05) is 11.8 Å². The lowest BCUT2D eigenvalue weighted by atomic mass is 10.2. The number of rotatable bonds is 3. The molecule has 0 radical (unpaired) electrons. The first-order chi connectivity index (χ1) is 6.83. The lowest BCUT2D eigenvalue weighted by Crippen LogP contribution is -2.16. The molecule has 0 saturated carbocycles. The third kappa shape index (κ3) is 2.86. The summed E-state index contributed by atoms with van der Waals surface area (Å²) < 4.78 is 23.2. The van der Waals surface area contributed by atoms with Crippen LogP contribution in [0.2, 0.25) is 0 Å². The van der Waals surface area contributed by atoms with Gasteiger partial charge in [-0.05, 0) is 25.5 Å². The normalized spacial score (nSPS) is 11.9. The minimum atomic E-state index is -3.15. The molecular weight excluding hydrogens is 214 g/mol. The van der Waals surface area contributed by atoms with Crippen LogP contribution in [0, 0.1) is 0 Å². The lowest BCUT2D eigenvalue weighted by molar-refractivity contribution is 0.475. The summed E-state index contributed by atoms with van der Waals surface area (Å²) in [6.45, 7) is 3.26. The van der Waals surface area contributed by atoms with E-state index in [0.29, 0.717) is 11.3 Å². The molecule has 15 heavy (non-hydrogen) atoms. The first-order valence-electron chi connectivity index (χ1n) is 4.62. The molecule has 5 heteroatoms. The van der Waals surface area contributed by atoms with Crippen molar-refractivity contribution in [3.8, 4) is 5.75 Å². The minimum absolute atomic E-state index is 0.0400. The van der Waals surface area contributed by atoms with Crippen LogP contribution in [-0.2, 0) is 15.6 Å². The third-order valence-corrected chi connectivity index (χ3v) is 4.35. The largest absolute Gasteiger partial charge is 0.508 e. The van der Waals surface area contributed by atoms with Gasteiger partial charge < -0.3 is 10.8 Å². The van der Waals surface area contributed by atoms with Crippen LogP contribution in [-0.4, -0.2) is 18.8 Å². The van der Waals surface area contributed by atoms with Crippen molar-refractivity contribution in [2.24, 2.45) is 0 Å². The molecule has 0 heterocycles. The standard InChI is InChI=1S/C10H15NO3S/c1-7(2)15(13,14)6-8-3-4-9(12)5-10(8)11/h3-5,7,12H,6,11H2,1-2H3. The Morgan fingerprint density at radius 3 is 2.47 bits per heavy atom. The highest BCUT2D eigenvalue weighted by molar-refractivity contribution is 7.91. The van der Waals surface area contributed by atoms with Crippen LogP contribution >= 0.6 is 0 Å². The fourth-order valence-electron chi connectivity index (χ4n) is 1.10. The Kier molecular flexibility index (Phi) is 3.24. The SMILES string of the molecule is CC(C)S(=O)(=O)Cc1ccc(O)cc1N. The van der Waals surface area contributed by atoms with Gasteiger partial charge in [-0.3, -0.25) is 0 Å². The van der Waals surface area contributed by atoms with Crippen molar-refractivity contribution in [1.29, 1.82) is 0 Å². The Morgan fingerprint density at radius 2 is 2.00 bits per heavy atom. The van der Waals surface area contributed by atoms with E-state index >= 15 is 0 Å².